The number of nitrogens with one attached hydrogen (secondary N) is 1. The Morgan fingerprint density at radius 3 is 2.53 bits per heavy atom. The number of hydrogen-bond donors (Lipinski definition) is 1. The van der Waals surface area contributed by atoms with Crippen molar-refractivity contribution in [3.63, 3.8) is 0 Å². The normalized spacial score (nSPS) is 18.5. The number of aromatic nitrogens is 1. The highest BCUT2D eigenvalue weighted by atomic mass is 15.0. The summed E-state index contributed by atoms with van der Waals surface area (Å²) in [5, 5.41) is 3.64. The first-order chi connectivity index (χ1) is 8.02. The van der Waals surface area contributed by atoms with Crippen molar-refractivity contribution in [3.8, 4) is 0 Å². The summed E-state index contributed by atoms with van der Waals surface area (Å²) in [6, 6.07) is 4.23. The van der Waals surface area contributed by atoms with Crippen LogP contribution in [0.25, 0.3) is 0 Å². The summed E-state index contributed by atoms with van der Waals surface area (Å²) >= 11 is 0. The summed E-state index contributed by atoms with van der Waals surface area (Å²) in [4.78, 5) is 4.26. The minimum atomic E-state index is 0.164. The number of rotatable bonds is 3. The fraction of sp³-hybridized carbons (Fsp3) is 0.533. The molecule has 2 heteroatoms. The quantitative estimate of drug-likeness (QED) is 0.807. The fourth-order valence-corrected chi connectivity index (χ4v) is 2.29. The van der Waals surface area contributed by atoms with Gasteiger partial charge in [0.15, 0.2) is 0 Å². The maximum Gasteiger partial charge on any atom is 0.0306 e. The van der Waals surface area contributed by atoms with E-state index >= 15 is 0 Å². The Labute approximate surface area is 104 Å². The number of allylic oxidation sites excluding steroid dienone is 2. The molecule has 0 saturated heterocycles. The zero-order valence-electron chi connectivity index (χ0n) is 11.0. The molecule has 0 radical (unpaired) electrons. The third-order valence-electron chi connectivity index (χ3n) is 3.41. The molecule has 1 aromatic heterocycles. The molecule has 0 aromatic carbocycles. The number of nitrogens with zero attached hydrogens (tertiary/aromatic N) is 1. The Hall–Kier alpha value is -1.15. The van der Waals surface area contributed by atoms with Crippen LogP contribution in [0.5, 0.6) is 0 Å². The van der Waals surface area contributed by atoms with Crippen LogP contribution < -0.4 is 5.32 Å². The van der Waals surface area contributed by atoms with Crippen molar-refractivity contribution in [1.82, 2.24) is 10.3 Å². The molecule has 1 aliphatic rings. The van der Waals surface area contributed by atoms with Gasteiger partial charge in [0, 0.05) is 29.9 Å². The minimum absolute atomic E-state index is 0.164. The predicted molar refractivity (Wildman–Crippen MR) is 72.0 cm³/mol. The molecule has 0 unspecified atom stereocenters. The second-order valence-electron chi connectivity index (χ2n) is 6.01. The van der Waals surface area contributed by atoms with E-state index in [1.807, 2.05) is 18.5 Å². The molecular formula is C15H22N2. The first-order valence-corrected chi connectivity index (χ1v) is 6.32. The van der Waals surface area contributed by atoms with Gasteiger partial charge < -0.3 is 5.32 Å². The molecule has 1 heterocycles. The summed E-state index contributed by atoms with van der Waals surface area (Å²) in [7, 11) is 0. The van der Waals surface area contributed by atoms with Gasteiger partial charge in [0.2, 0.25) is 0 Å². The van der Waals surface area contributed by atoms with Crippen LogP contribution in [0.4, 0.5) is 0 Å². The van der Waals surface area contributed by atoms with Gasteiger partial charge in [-0.3, -0.25) is 4.98 Å². The van der Waals surface area contributed by atoms with Crippen LogP contribution in [0, 0.1) is 0 Å². The SMILES string of the molecule is CC(C)(C)NCC1(c2cccnc2)CC=CC1. The van der Waals surface area contributed by atoms with Crippen LogP contribution in [0.15, 0.2) is 36.7 Å². The lowest BCUT2D eigenvalue weighted by Gasteiger charge is -2.33. The van der Waals surface area contributed by atoms with Crippen molar-refractivity contribution in [2.45, 2.75) is 44.6 Å². The Kier molecular flexibility index (Phi) is 3.34. The molecule has 0 spiro atoms. The molecule has 0 atom stereocenters. The molecule has 2 nitrogen and oxygen atoms in total. The van der Waals surface area contributed by atoms with Gasteiger partial charge in [0.25, 0.3) is 0 Å². The summed E-state index contributed by atoms with van der Waals surface area (Å²) in [6.45, 7) is 7.65. The third kappa shape index (κ3) is 2.95. The molecule has 1 aliphatic carbocycles. The van der Waals surface area contributed by atoms with Crippen molar-refractivity contribution < 1.29 is 0 Å². The molecule has 0 amide bonds. The minimum Gasteiger partial charge on any atom is -0.311 e. The highest BCUT2D eigenvalue weighted by Crippen LogP contribution is 2.36. The van der Waals surface area contributed by atoms with E-state index in [0.29, 0.717) is 0 Å². The Bertz CT molecular complexity index is 379. The smallest absolute Gasteiger partial charge is 0.0306 e. The van der Waals surface area contributed by atoms with Crippen molar-refractivity contribution in [3.05, 3.63) is 42.2 Å². The van der Waals surface area contributed by atoms with Crippen molar-refractivity contribution >= 4 is 0 Å². The maximum atomic E-state index is 4.26. The van der Waals surface area contributed by atoms with Gasteiger partial charge in [-0.2, -0.15) is 0 Å². The van der Waals surface area contributed by atoms with Crippen molar-refractivity contribution in [1.29, 1.82) is 0 Å². The van der Waals surface area contributed by atoms with E-state index in [-0.39, 0.29) is 11.0 Å². The summed E-state index contributed by atoms with van der Waals surface area (Å²) < 4.78 is 0. The van der Waals surface area contributed by atoms with Gasteiger partial charge in [-0.05, 0) is 45.2 Å². The van der Waals surface area contributed by atoms with E-state index in [9.17, 15) is 0 Å². The van der Waals surface area contributed by atoms with Gasteiger partial charge in [0.05, 0.1) is 0 Å². The van der Waals surface area contributed by atoms with E-state index in [0.717, 1.165) is 19.4 Å². The van der Waals surface area contributed by atoms with E-state index in [1.54, 1.807) is 0 Å². The maximum absolute atomic E-state index is 4.26. The molecule has 0 aliphatic heterocycles. The van der Waals surface area contributed by atoms with Crippen LogP contribution in [0.2, 0.25) is 0 Å². The molecule has 2 rings (SSSR count). The molecule has 0 fully saturated rings. The lowest BCUT2D eigenvalue weighted by atomic mass is 9.78. The van der Waals surface area contributed by atoms with Gasteiger partial charge in [-0.15, -0.1) is 0 Å². The van der Waals surface area contributed by atoms with Gasteiger partial charge in [-0.1, -0.05) is 18.2 Å². The standard InChI is InChI=1S/C15H22N2/c1-14(2,3)17-12-15(8-4-5-9-15)13-7-6-10-16-11-13/h4-7,10-11,17H,8-9,12H2,1-3H3. The first kappa shape index (κ1) is 12.3. The largest absolute Gasteiger partial charge is 0.311 e. The second-order valence-corrected chi connectivity index (χ2v) is 6.01. The molecule has 1 N–H and O–H groups in total. The van der Waals surface area contributed by atoms with Gasteiger partial charge in [-0.25, -0.2) is 0 Å². The third-order valence-corrected chi connectivity index (χ3v) is 3.41. The molecule has 0 bridgehead atoms. The van der Waals surface area contributed by atoms with E-state index in [1.165, 1.54) is 5.56 Å². The number of hydrogen-bond acceptors (Lipinski definition) is 2. The van der Waals surface area contributed by atoms with Crippen molar-refractivity contribution in [2.24, 2.45) is 0 Å². The lowest BCUT2D eigenvalue weighted by Crippen LogP contribution is -2.45. The summed E-state index contributed by atoms with van der Waals surface area (Å²) in [5.41, 5.74) is 1.72. The highest BCUT2D eigenvalue weighted by Gasteiger charge is 2.33. The predicted octanol–water partition coefficient (Wildman–Crippen LogP) is 3.06. The Balaban J connectivity index is 2.17. The summed E-state index contributed by atoms with van der Waals surface area (Å²) in [6.07, 6.45) is 10.7. The zero-order chi connectivity index (χ0) is 12.4. The van der Waals surface area contributed by atoms with E-state index in [2.05, 4.69) is 49.3 Å². The van der Waals surface area contributed by atoms with Crippen LogP contribution in [-0.4, -0.2) is 17.1 Å². The second kappa shape index (κ2) is 4.61. The van der Waals surface area contributed by atoms with Crippen LogP contribution in [0.1, 0.15) is 39.2 Å². The van der Waals surface area contributed by atoms with Crippen LogP contribution >= 0.6 is 0 Å². The van der Waals surface area contributed by atoms with E-state index in [4.69, 9.17) is 0 Å². The van der Waals surface area contributed by atoms with Crippen LogP contribution in [-0.2, 0) is 5.41 Å². The molecule has 17 heavy (non-hydrogen) atoms. The van der Waals surface area contributed by atoms with Crippen molar-refractivity contribution in [2.75, 3.05) is 6.54 Å². The first-order valence-electron chi connectivity index (χ1n) is 6.32. The number of pyridine rings is 1. The fourth-order valence-electron chi connectivity index (χ4n) is 2.29. The molecular weight excluding hydrogens is 208 g/mol. The highest BCUT2D eigenvalue weighted by molar-refractivity contribution is 5.28. The lowest BCUT2D eigenvalue weighted by molar-refractivity contribution is 0.339. The van der Waals surface area contributed by atoms with Gasteiger partial charge >= 0.3 is 0 Å². The monoisotopic (exact) mass is 230 g/mol. The zero-order valence-corrected chi connectivity index (χ0v) is 11.0. The van der Waals surface area contributed by atoms with Gasteiger partial charge in [0.1, 0.15) is 0 Å². The molecule has 1 aromatic rings. The average molecular weight is 230 g/mol. The van der Waals surface area contributed by atoms with E-state index < -0.39 is 0 Å². The topological polar surface area (TPSA) is 24.9 Å². The molecule has 0 saturated carbocycles. The average Bonchev–Trinajstić information content (AvgIpc) is 2.77. The summed E-state index contributed by atoms with van der Waals surface area (Å²) in [5.74, 6) is 0. The Morgan fingerprint density at radius 1 is 1.29 bits per heavy atom. The van der Waals surface area contributed by atoms with Crippen LogP contribution in [0.3, 0.4) is 0 Å². The Morgan fingerprint density at radius 2 is 2.00 bits per heavy atom. The molecule has 92 valence electrons.